The highest BCUT2D eigenvalue weighted by Gasteiger charge is 2.22. The van der Waals surface area contributed by atoms with Gasteiger partial charge in [0.1, 0.15) is 5.75 Å². The molecule has 4 nitrogen and oxygen atoms in total. The molecule has 0 spiro atoms. The maximum atomic E-state index is 12.5. The Kier molecular flexibility index (Phi) is 3.84. The van der Waals surface area contributed by atoms with Crippen LogP contribution in [0.1, 0.15) is 31.8 Å². The highest BCUT2D eigenvalue weighted by molar-refractivity contribution is 6.15. The third kappa shape index (κ3) is 2.54. The van der Waals surface area contributed by atoms with Crippen molar-refractivity contribution >= 4 is 11.8 Å². The van der Waals surface area contributed by atoms with E-state index in [1.165, 1.54) is 13.2 Å². The van der Waals surface area contributed by atoms with E-state index < -0.39 is 5.97 Å². The maximum Gasteiger partial charge on any atom is 0.336 e. The first kappa shape index (κ1) is 13.8. The number of carboxylic acid groups (broad SMARTS) is 1. The van der Waals surface area contributed by atoms with Gasteiger partial charge in [0.15, 0.2) is 5.78 Å². The fourth-order valence-corrected chi connectivity index (χ4v) is 1.96. The van der Waals surface area contributed by atoms with Crippen LogP contribution in [0.5, 0.6) is 5.75 Å². The van der Waals surface area contributed by atoms with Crippen LogP contribution in [-0.4, -0.2) is 24.0 Å². The average molecular weight is 270 g/mol. The molecule has 0 heterocycles. The van der Waals surface area contributed by atoms with Crippen molar-refractivity contribution in [2.75, 3.05) is 7.11 Å². The summed E-state index contributed by atoms with van der Waals surface area (Å²) in [6.07, 6.45) is 0. The number of carbonyl (C=O) groups is 2. The minimum Gasteiger partial charge on any atom is -0.496 e. The molecule has 0 aliphatic rings. The third-order valence-corrected chi connectivity index (χ3v) is 3.02. The number of aryl methyl sites for hydroxylation is 1. The predicted molar refractivity (Wildman–Crippen MR) is 74.6 cm³/mol. The van der Waals surface area contributed by atoms with Crippen molar-refractivity contribution in [3.8, 4) is 5.75 Å². The molecular formula is C16H14O4. The largest absolute Gasteiger partial charge is 0.496 e. The zero-order valence-electron chi connectivity index (χ0n) is 11.2. The third-order valence-electron chi connectivity index (χ3n) is 3.02. The highest BCUT2D eigenvalue weighted by Crippen LogP contribution is 2.25. The van der Waals surface area contributed by atoms with Crippen molar-refractivity contribution in [3.05, 3.63) is 64.7 Å². The van der Waals surface area contributed by atoms with Gasteiger partial charge in [-0.2, -0.15) is 0 Å². The molecule has 0 amide bonds. The van der Waals surface area contributed by atoms with Gasteiger partial charge in [-0.3, -0.25) is 4.79 Å². The summed E-state index contributed by atoms with van der Waals surface area (Å²) in [5, 5.41) is 9.22. The van der Waals surface area contributed by atoms with Gasteiger partial charge in [0, 0.05) is 5.56 Å². The number of ketones is 1. The second-order valence-electron chi connectivity index (χ2n) is 4.38. The summed E-state index contributed by atoms with van der Waals surface area (Å²) in [5.41, 5.74) is 1.48. The molecule has 0 bridgehead atoms. The fraction of sp³-hybridized carbons (Fsp3) is 0.125. The van der Waals surface area contributed by atoms with Crippen LogP contribution in [0.3, 0.4) is 0 Å². The molecule has 20 heavy (non-hydrogen) atoms. The summed E-state index contributed by atoms with van der Waals surface area (Å²) < 4.78 is 5.12. The quantitative estimate of drug-likeness (QED) is 0.867. The van der Waals surface area contributed by atoms with Crippen LogP contribution in [0, 0.1) is 6.92 Å². The zero-order valence-corrected chi connectivity index (χ0v) is 11.2. The summed E-state index contributed by atoms with van der Waals surface area (Å²) in [5.74, 6) is -1.25. The number of methoxy groups -OCH3 is 1. The van der Waals surface area contributed by atoms with Crippen LogP contribution in [0.15, 0.2) is 42.5 Å². The Bertz CT molecular complexity index is 657. The van der Waals surface area contributed by atoms with Crippen LogP contribution in [0.25, 0.3) is 0 Å². The van der Waals surface area contributed by atoms with Crippen LogP contribution >= 0.6 is 0 Å². The number of rotatable bonds is 4. The Hall–Kier alpha value is -2.62. The van der Waals surface area contributed by atoms with E-state index in [-0.39, 0.29) is 22.7 Å². The summed E-state index contributed by atoms with van der Waals surface area (Å²) in [7, 11) is 1.41. The van der Waals surface area contributed by atoms with E-state index in [9.17, 15) is 14.7 Å². The van der Waals surface area contributed by atoms with Crippen LogP contribution in [-0.2, 0) is 0 Å². The van der Waals surface area contributed by atoms with Crippen molar-refractivity contribution in [2.45, 2.75) is 6.92 Å². The molecule has 0 radical (unpaired) electrons. The van der Waals surface area contributed by atoms with Crippen molar-refractivity contribution in [1.82, 2.24) is 0 Å². The van der Waals surface area contributed by atoms with E-state index in [1.807, 2.05) is 19.1 Å². The van der Waals surface area contributed by atoms with E-state index in [0.29, 0.717) is 5.56 Å². The molecule has 0 unspecified atom stereocenters. The van der Waals surface area contributed by atoms with Gasteiger partial charge in [0.25, 0.3) is 0 Å². The van der Waals surface area contributed by atoms with Gasteiger partial charge >= 0.3 is 5.97 Å². The Balaban J connectivity index is 2.58. The summed E-state index contributed by atoms with van der Waals surface area (Å²) >= 11 is 0. The zero-order chi connectivity index (χ0) is 14.7. The van der Waals surface area contributed by atoms with Crippen molar-refractivity contribution in [1.29, 1.82) is 0 Å². The van der Waals surface area contributed by atoms with E-state index >= 15 is 0 Å². The molecule has 0 atom stereocenters. The van der Waals surface area contributed by atoms with Gasteiger partial charge in [-0.15, -0.1) is 0 Å². The molecular weight excluding hydrogens is 256 g/mol. The molecule has 2 aromatic rings. The number of carboxylic acids is 1. The normalized spacial score (nSPS) is 10.1. The fourth-order valence-electron chi connectivity index (χ4n) is 1.96. The Labute approximate surface area is 116 Å². The molecule has 1 N–H and O–H groups in total. The lowest BCUT2D eigenvalue weighted by molar-refractivity contribution is 0.0692. The summed E-state index contributed by atoms with van der Waals surface area (Å²) in [6, 6.07) is 11.5. The van der Waals surface area contributed by atoms with Gasteiger partial charge in [-0.05, 0) is 19.1 Å². The van der Waals surface area contributed by atoms with Crippen LogP contribution in [0.2, 0.25) is 0 Å². The maximum absolute atomic E-state index is 12.5. The van der Waals surface area contributed by atoms with E-state index in [0.717, 1.165) is 5.56 Å². The van der Waals surface area contributed by atoms with Gasteiger partial charge < -0.3 is 9.84 Å². The lowest BCUT2D eigenvalue weighted by atomic mass is 9.97. The van der Waals surface area contributed by atoms with Gasteiger partial charge in [-0.1, -0.05) is 35.9 Å². The minimum atomic E-state index is -1.15. The lowest BCUT2D eigenvalue weighted by Crippen LogP contribution is -2.11. The number of carbonyl (C=O) groups excluding carboxylic acids is 1. The first-order chi connectivity index (χ1) is 9.54. The number of benzene rings is 2. The Morgan fingerprint density at radius 2 is 1.70 bits per heavy atom. The predicted octanol–water partition coefficient (Wildman–Crippen LogP) is 2.93. The SMILES string of the molecule is COc1cccc(C(=O)O)c1C(=O)c1ccc(C)cc1. The molecule has 4 heteroatoms. The highest BCUT2D eigenvalue weighted by atomic mass is 16.5. The molecule has 0 fully saturated rings. The molecule has 2 rings (SSSR count). The van der Waals surface area contributed by atoms with E-state index in [1.54, 1.807) is 24.3 Å². The topological polar surface area (TPSA) is 63.6 Å². The van der Waals surface area contributed by atoms with Crippen molar-refractivity contribution < 1.29 is 19.4 Å². The number of ether oxygens (including phenoxy) is 1. The molecule has 2 aromatic carbocycles. The van der Waals surface area contributed by atoms with Crippen molar-refractivity contribution in [2.24, 2.45) is 0 Å². The molecule has 0 aliphatic heterocycles. The standard InChI is InChI=1S/C16H14O4/c1-10-6-8-11(9-7-10)15(17)14-12(16(18)19)4-3-5-13(14)20-2/h3-9H,1-2H3,(H,18,19). The smallest absolute Gasteiger partial charge is 0.336 e. The van der Waals surface area contributed by atoms with Gasteiger partial charge in [0.05, 0.1) is 18.2 Å². The second kappa shape index (κ2) is 5.57. The molecule has 0 saturated carbocycles. The molecule has 0 aliphatic carbocycles. The molecule has 0 aromatic heterocycles. The van der Waals surface area contributed by atoms with E-state index in [4.69, 9.17) is 4.74 Å². The number of hydrogen-bond donors (Lipinski definition) is 1. The summed E-state index contributed by atoms with van der Waals surface area (Å²) in [4.78, 5) is 23.8. The second-order valence-corrected chi connectivity index (χ2v) is 4.38. The monoisotopic (exact) mass is 270 g/mol. The summed E-state index contributed by atoms with van der Waals surface area (Å²) in [6.45, 7) is 1.92. The lowest BCUT2D eigenvalue weighted by Gasteiger charge is -2.10. The number of hydrogen-bond acceptors (Lipinski definition) is 3. The van der Waals surface area contributed by atoms with Gasteiger partial charge in [0.2, 0.25) is 0 Å². The Morgan fingerprint density at radius 1 is 1.05 bits per heavy atom. The van der Waals surface area contributed by atoms with Crippen LogP contribution < -0.4 is 4.74 Å². The van der Waals surface area contributed by atoms with Crippen LogP contribution in [0.4, 0.5) is 0 Å². The van der Waals surface area contributed by atoms with E-state index in [2.05, 4.69) is 0 Å². The minimum absolute atomic E-state index is 0.0603. The first-order valence-electron chi connectivity index (χ1n) is 6.06. The van der Waals surface area contributed by atoms with Crippen molar-refractivity contribution in [3.63, 3.8) is 0 Å². The number of aromatic carboxylic acids is 1. The Morgan fingerprint density at radius 3 is 2.25 bits per heavy atom. The van der Waals surface area contributed by atoms with Gasteiger partial charge in [-0.25, -0.2) is 4.79 Å². The molecule has 0 saturated heterocycles. The molecule has 102 valence electrons. The first-order valence-corrected chi connectivity index (χ1v) is 6.06. The average Bonchev–Trinajstić information content (AvgIpc) is 2.46.